The number of benzene rings is 3. The summed E-state index contributed by atoms with van der Waals surface area (Å²) >= 11 is 2.91. The van der Waals surface area contributed by atoms with Crippen molar-refractivity contribution < 1.29 is 14.3 Å². The molecule has 0 saturated heterocycles. The molecule has 42 heavy (non-hydrogen) atoms. The van der Waals surface area contributed by atoms with Crippen molar-refractivity contribution in [3.63, 3.8) is 0 Å². The number of carbonyl (C=O) groups is 1. The molecule has 4 aromatic rings. The van der Waals surface area contributed by atoms with Gasteiger partial charge in [-0.3, -0.25) is 9.36 Å². The molecule has 3 aromatic carbocycles. The van der Waals surface area contributed by atoms with Crippen molar-refractivity contribution >= 4 is 35.1 Å². The molecule has 5 rings (SSSR count). The minimum atomic E-state index is -0.655. The molecule has 1 aliphatic heterocycles. The Bertz CT molecular complexity index is 1880. The Morgan fingerprint density at radius 1 is 1.12 bits per heavy atom. The van der Waals surface area contributed by atoms with Crippen LogP contribution in [0, 0.1) is 11.3 Å². The van der Waals surface area contributed by atoms with Crippen molar-refractivity contribution in [3.05, 3.63) is 126 Å². The predicted molar refractivity (Wildman–Crippen MR) is 165 cm³/mol. The van der Waals surface area contributed by atoms with Gasteiger partial charge in [-0.15, -0.1) is 11.8 Å². The molecular formula is C33H29N3O4S2. The number of esters is 1. The molecule has 0 N–H and O–H groups in total. The minimum absolute atomic E-state index is 0.228. The van der Waals surface area contributed by atoms with Crippen LogP contribution in [0.3, 0.4) is 0 Å². The lowest BCUT2D eigenvalue weighted by Crippen LogP contribution is -2.40. The lowest BCUT2D eigenvalue weighted by molar-refractivity contribution is -0.143. The summed E-state index contributed by atoms with van der Waals surface area (Å²) in [6.45, 7) is 5.66. The van der Waals surface area contributed by atoms with Gasteiger partial charge in [-0.2, -0.15) is 5.26 Å². The first-order valence-electron chi connectivity index (χ1n) is 13.4. The highest BCUT2D eigenvalue weighted by atomic mass is 32.2. The molecule has 9 heteroatoms. The second-order valence-corrected chi connectivity index (χ2v) is 11.8. The Labute approximate surface area is 252 Å². The second kappa shape index (κ2) is 12.6. The van der Waals surface area contributed by atoms with Gasteiger partial charge in [0.05, 0.1) is 39.6 Å². The lowest BCUT2D eigenvalue weighted by Gasteiger charge is -2.25. The first kappa shape index (κ1) is 29.1. The Hall–Kier alpha value is -4.39. The summed E-state index contributed by atoms with van der Waals surface area (Å²) in [5.41, 5.74) is 3.69. The number of thioether (sulfide) groups is 1. The van der Waals surface area contributed by atoms with E-state index in [0.717, 1.165) is 21.6 Å². The van der Waals surface area contributed by atoms with E-state index in [1.165, 1.54) is 11.3 Å². The molecule has 0 aliphatic carbocycles. The van der Waals surface area contributed by atoms with Crippen LogP contribution >= 0.6 is 23.1 Å². The maximum absolute atomic E-state index is 13.9. The Morgan fingerprint density at radius 2 is 1.83 bits per heavy atom. The first-order valence-corrected chi connectivity index (χ1v) is 15.4. The highest BCUT2D eigenvalue weighted by Gasteiger charge is 2.33. The zero-order chi connectivity index (χ0) is 29.8. The molecule has 0 unspecified atom stereocenters. The van der Waals surface area contributed by atoms with E-state index in [0.29, 0.717) is 31.9 Å². The SMILES string of the molecule is CSc1ccc([C@H]2C(C(=O)OC(C)C)=C(C)N=c3s/c(=C/c4ccc(OCc5ccccc5C#N)cc4)c(=O)n32)cc1. The van der Waals surface area contributed by atoms with Gasteiger partial charge in [0, 0.05) is 10.5 Å². The third-order valence-electron chi connectivity index (χ3n) is 6.73. The van der Waals surface area contributed by atoms with Crippen LogP contribution in [-0.4, -0.2) is 22.9 Å². The normalized spacial score (nSPS) is 14.8. The number of fused-ring (bicyclic) bond motifs is 1. The van der Waals surface area contributed by atoms with Crippen LogP contribution in [0.1, 0.15) is 49.1 Å². The fourth-order valence-corrected chi connectivity index (χ4v) is 6.14. The summed E-state index contributed by atoms with van der Waals surface area (Å²) < 4.78 is 13.6. The molecule has 0 amide bonds. The van der Waals surface area contributed by atoms with Crippen LogP contribution in [0.5, 0.6) is 5.75 Å². The fraction of sp³-hybridized carbons (Fsp3) is 0.212. The Morgan fingerprint density at radius 3 is 2.50 bits per heavy atom. The van der Waals surface area contributed by atoms with E-state index in [4.69, 9.17) is 9.47 Å². The van der Waals surface area contributed by atoms with Crippen LogP contribution in [0.2, 0.25) is 0 Å². The maximum atomic E-state index is 13.9. The smallest absolute Gasteiger partial charge is 0.338 e. The zero-order valence-corrected chi connectivity index (χ0v) is 25.3. The van der Waals surface area contributed by atoms with Crippen LogP contribution in [0.25, 0.3) is 6.08 Å². The van der Waals surface area contributed by atoms with Crippen LogP contribution in [0.15, 0.2) is 98.7 Å². The van der Waals surface area contributed by atoms with Crippen molar-refractivity contribution in [2.45, 2.75) is 44.4 Å². The molecule has 1 aliphatic rings. The topological polar surface area (TPSA) is 93.7 Å². The molecule has 0 spiro atoms. The zero-order valence-electron chi connectivity index (χ0n) is 23.7. The molecule has 7 nitrogen and oxygen atoms in total. The van der Waals surface area contributed by atoms with Crippen molar-refractivity contribution in [2.24, 2.45) is 4.99 Å². The average molecular weight is 596 g/mol. The van der Waals surface area contributed by atoms with Crippen molar-refractivity contribution in [1.29, 1.82) is 5.26 Å². The van der Waals surface area contributed by atoms with Gasteiger partial charge in [0.2, 0.25) is 0 Å². The van der Waals surface area contributed by atoms with E-state index in [9.17, 15) is 14.9 Å². The summed E-state index contributed by atoms with van der Waals surface area (Å²) in [6, 6.07) is 24.1. The summed E-state index contributed by atoms with van der Waals surface area (Å²) in [5, 5.41) is 9.30. The molecule has 2 heterocycles. The van der Waals surface area contributed by atoms with Gasteiger partial charge >= 0.3 is 5.97 Å². The van der Waals surface area contributed by atoms with Crippen LogP contribution in [-0.2, 0) is 16.1 Å². The third-order valence-corrected chi connectivity index (χ3v) is 8.45. The molecule has 1 atom stereocenters. The summed E-state index contributed by atoms with van der Waals surface area (Å²) in [5.74, 6) is 0.173. The highest BCUT2D eigenvalue weighted by molar-refractivity contribution is 7.98. The predicted octanol–water partition coefficient (Wildman–Crippen LogP) is 5.36. The molecular weight excluding hydrogens is 567 g/mol. The van der Waals surface area contributed by atoms with Crippen molar-refractivity contribution in [1.82, 2.24) is 4.57 Å². The van der Waals surface area contributed by atoms with Gasteiger partial charge < -0.3 is 9.47 Å². The number of aromatic nitrogens is 1. The van der Waals surface area contributed by atoms with Crippen molar-refractivity contribution in [3.8, 4) is 11.8 Å². The molecule has 0 saturated carbocycles. The van der Waals surface area contributed by atoms with Crippen molar-refractivity contribution in [2.75, 3.05) is 6.26 Å². The number of hydrogen-bond donors (Lipinski definition) is 0. The molecule has 212 valence electrons. The van der Waals surface area contributed by atoms with Crippen LogP contribution in [0.4, 0.5) is 0 Å². The maximum Gasteiger partial charge on any atom is 0.338 e. The number of nitriles is 1. The average Bonchev–Trinajstić information content (AvgIpc) is 3.29. The number of allylic oxidation sites excluding steroid dienone is 1. The van der Waals surface area contributed by atoms with Gasteiger partial charge in [0.1, 0.15) is 12.4 Å². The number of thiazole rings is 1. The number of nitrogens with zero attached hydrogens (tertiary/aromatic N) is 3. The monoisotopic (exact) mass is 595 g/mol. The quantitative estimate of drug-likeness (QED) is 0.201. The van der Waals surface area contributed by atoms with Gasteiger partial charge in [0.25, 0.3) is 5.56 Å². The Balaban J connectivity index is 1.49. The lowest BCUT2D eigenvalue weighted by atomic mass is 9.96. The van der Waals surface area contributed by atoms with E-state index in [1.54, 1.807) is 43.2 Å². The van der Waals surface area contributed by atoms with E-state index in [-0.39, 0.29) is 18.3 Å². The molecule has 0 radical (unpaired) electrons. The van der Waals surface area contributed by atoms with Gasteiger partial charge in [-0.25, -0.2) is 9.79 Å². The van der Waals surface area contributed by atoms with E-state index < -0.39 is 12.0 Å². The van der Waals surface area contributed by atoms with Gasteiger partial charge in [-0.1, -0.05) is 53.8 Å². The van der Waals surface area contributed by atoms with Gasteiger partial charge in [0.15, 0.2) is 4.80 Å². The van der Waals surface area contributed by atoms with Crippen LogP contribution < -0.4 is 19.6 Å². The molecule has 1 aromatic heterocycles. The number of hydrogen-bond acceptors (Lipinski definition) is 8. The number of carbonyl (C=O) groups excluding carboxylic acids is 1. The number of rotatable bonds is 8. The molecule has 0 fully saturated rings. The molecule has 0 bridgehead atoms. The standard InChI is InChI=1S/C33H29N3O4S2/c1-20(2)40-32(38)29-21(3)35-33-36(30(29)23-11-15-27(41-4)16-12-23)31(37)28(42-33)17-22-9-13-26(14-10-22)39-19-25-8-6-5-7-24(25)18-34/h5-17,20,30H,19H2,1-4H3/b28-17+/t30-/m0/s1. The summed E-state index contributed by atoms with van der Waals surface area (Å²) in [6.07, 6.45) is 3.51. The largest absolute Gasteiger partial charge is 0.489 e. The Kier molecular flexibility index (Phi) is 8.76. The van der Waals surface area contributed by atoms with E-state index in [2.05, 4.69) is 11.1 Å². The van der Waals surface area contributed by atoms with E-state index in [1.807, 2.05) is 79.1 Å². The second-order valence-electron chi connectivity index (χ2n) is 9.94. The minimum Gasteiger partial charge on any atom is -0.489 e. The number of ether oxygens (including phenoxy) is 2. The van der Waals surface area contributed by atoms with E-state index >= 15 is 0 Å². The summed E-state index contributed by atoms with van der Waals surface area (Å²) in [7, 11) is 0. The first-order chi connectivity index (χ1) is 20.3. The third kappa shape index (κ3) is 6.10. The summed E-state index contributed by atoms with van der Waals surface area (Å²) in [4.78, 5) is 33.4. The van der Waals surface area contributed by atoms with Gasteiger partial charge in [-0.05, 0) is 74.6 Å². The highest BCUT2D eigenvalue weighted by Crippen LogP contribution is 2.32. The fourth-order valence-electron chi connectivity index (χ4n) is 4.69.